The molecule has 7 heteroatoms. The van der Waals surface area contributed by atoms with Gasteiger partial charge in [-0.1, -0.05) is 18.2 Å². The zero-order chi connectivity index (χ0) is 18.6. The number of nitrogens with one attached hydrogen (secondary N) is 3. The third-order valence-corrected chi connectivity index (χ3v) is 3.39. The molecule has 0 aliphatic rings. The predicted molar refractivity (Wildman–Crippen MR) is 103 cm³/mol. The number of carbonyl (C=O) groups excluding carboxylic acids is 1. The average molecular weight is 355 g/mol. The normalized spacial score (nSPS) is 10.9. The number of ether oxygens (including phenoxy) is 1. The monoisotopic (exact) mass is 355 g/mol. The molecule has 0 saturated heterocycles. The van der Waals surface area contributed by atoms with E-state index in [1.54, 1.807) is 24.5 Å². The summed E-state index contributed by atoms with van der Waals surface area (Å²) in [5, 5.41) is 8.93. The Hall–Kier alpha value is -3.09. The van der Waals surface area contributed by atoms with E-state index >= 15 is 0 Å². The van der Waals surface area contributed by atoms with E-state index in [2.05, 4.69) is 25.9 Å². The van der Waals surface area contributed by atoms with E-state index in [0.29, 0.717) is 31.3 Å². The van der Waals surface area contributed by atoms with Gasteiger partial charge in [-0.15, -0.1) is 0 Å². The van der Waals surface area contributed by atoms with Crippen molar-refractivity contribution in [3.8, 4) is 5.75 Å². The lowest BCUT2D eigenvalue weighted by Crippen LogP contribution is -2.41. The van der Waals surface area contributed by atoms with E-state index < -0.39 is 0 Å². The molecule has 0 fully saturated rings. The minimum Gasteiger partial charge on any atom is -0.494 e. The largest absolute Gasteiger partial charge is 0.494 e. The first-order chi connectivity index (χ1) is 12.7. The molecule has 0 aliphatic carbocycles. The van der Waals surface area contributed by atoms with Gasteiger partial charge >= 0.3 is 0 Å². The molecule has 0 radical (unpaired) electrons. The number of anilines is 1. The van der Waals surface area contributed by atoms with Crippen LogP contribution in [0.5, 0.6) is 5.75 Å². The Morgan fingerprint density at radius 1 is 1.15 bits per heavy atom. The maximum atomic E-state index is 12.0. The highest BCUT2D eigenvalue weighted by atomic mass is 16.5. The van der Waals surface area contributed by atoms with Gasteiger partial charge in [-0.25, -0.2) is 4.99 Å². The first-order valence-corrected chi connectivity index (χ1v) is 8.65. The van der Waals surface area contributed by atoms with Crippen LogP contribution < -0.4 is 20.7 Å². The Morgan fingerprint density at radius 3 is 2.73 bits per heavy atom. The fraction of sp³-hybridized carbons (Fsp3) is 0.316. The first kappa shape index (κ1) is 19.2. The van der Waals surface area contributed by atoms with Gasteiger partial charge in [0.1, 0.15) is 5.75 Å². The van der Waals surface area contributed by atoms with Crippen LogP contribution in [-0.4, -0.2) is 36.5 Å². The van der Waals surface area contributed by atoms with Crippen molar-refractivity contribution in [3.63, 3.8) is 0 Å². The summed E-state index contributed by atoms with van der Waals surface area (Å²) in [6.07, 6.45) is 3.26. The Bertz CT molecular complexity index is 719. The van der Waals surface area contributed by atoms with E-state index in [9.17, 15) is 4.79 Å². The van der Waals surface area contributed by atoms with Crippen molar-refractivity contribution in [2.45, 2.75) is 20.4 Å². The van der Waals surface area contributed by atoms with Crippen molar-refractivity contribution >= 4 is 17.6 Å². The van der Waals surface area contributed by atoms with E-state index in [0.717, 1.165) is 11.3 Å². The summed E-state index contributed by atoms with van der Waals surface area (Å²) >= 11 is 0. The molecule has 1 aromatic heterocycles. The standard InChI is InChI=1S/C19H25N5O2/c1-3-21-19(22-12-15-8-5-6-10-17(15)26-4-2)23-14-18(25)24-16-9-7-11-20-13-16/h5-11,13H,3-4,12,14H2,1-2H3,(H,24,25)(H2,21,22,23). The third-order valence-electron chi connectivity index (χ3n) is 3.39. The predicted octanol–water partition coefficient (Wildman–Crippen LogP) is 2.17. The molecule has 7 nitrogen and oxygen atoms in total. The van der Waals surface area contributed by atoms with Crippen molar-refractivity contribution in [2.75, 3.05) is 25.0 Å². The number of aromatic nitrogens is 1. The summed E-state index contributed by atoms with van der Waals surface area (Å²) < 4.78 is 5.61. The highest BCUT2D eigenvalue weighted by molar-refractivity contribution is 5.94. The molecule has 138 valence electrons. The Morgan fingerprint density at radius 2 is 2.00 bits per heavy atom. The molecule has 0 atom stereocenters. The molecule has 2 rings (SSSR count). The van der Waals surface area contributed by atoms with E-state index in [4.69, 9.17) is 4.74 Å². The van der Waals surface area contributed by atoms with Crippen LogP contribution in [0.15, 0.2) is 53.8 Å². The molecular formula is C19H25N5O2. The quantitative estimate of drug-likeness (QED) is 0.499. The van der Waals surface area contributed by atoms with Crippen molar-refractivity contribution < 1.29 is 9.53 Å². The highest BCUT2D eigenvalue weighted by Crippen LogP contribution is 2.18. The summed E-state index contributed by atoms with van der Waals surface area (Å²) in [6.45, 7) is 5.79. The van der Waals surface area contributed by atoms with Crippen LogP contribution in [0.2, 0.25) is 0 Å². The zero-order valence-electron chi connectivity index (χ0n) is 15.2. The summed E-state index contributed by atoms with van der Waals surface area (Å²) in [5.74, 6) is 1.22. The lowest BCUT2D eigenvalue weighted by Gasteiger charge is -2.12. The number of hydrogen-bond donors (Lipinski definition) is 3. The lowest BCUT2D eigenvalue weighted by atomic mass is 10.2. The van der Waals surface area contributed by atoms with Crippen molar-refractivity contribution in [1.82, 2.24) is 15.6 Å². The molecule has 0 aliphatic heterocycles. The number of guanidine groups is 1. The van der Waals surface area contributed by atoms with E-state index in [1.165, 1.54) is 0 Å². The highest BCUT2D eigenvalue weighted by Gasteiger charge is 2.06. The number of amides is 1. The molecule has 0 spiro atoms. The fourth-order valence-electron chi connectivity index (χ4n) is 2.24. The molecular weight excluding hydrogens is 330 g/mol. The zero-order valence-corrected chi connectivity index (χ0v) is 15.2. The molecule has 1 amide bonds. The summed E-state index contributed by atoms with van der Waals surface area (Å²) in [4.78, 5) is 20.5. The van der Waals surface area contributed by atoms with Crippen LogP contribution >= 0.6 is 0 Å². The summed E-state index contributed by atoms with van der Waals surface area (Å²) in [7, 11) is 0. The van der Waals surface area contributed by atoms with Gasteiger partial charge in [-0.3, -0.25) is 9.78 Å². The first-order valence-electron chi connectivity index (χ1n) is 8.65. The molecule has 0 bridgehead atoms. The SMILES string of the molecule is CCNC(=NCc1ccccc1OCC)NCC(=O)Nc1cccnc1. The molecule has 0 saturated carbocycles. The second kappa shape index (κ2) is 10.7. The van der Waals surface area contributed by atoms with Gasteiger partial charge in [0.25, 0.3) is 0 Å². The van der Waals surface area contributed by atoms with Crippen LogP contribution in [0.25, 0.3) is 0 Å². The fourth-order valence-corrected chi connectivity index (χ4v) is 2.24. The molecule has 2 aromatic rings. The van der Waals surface area contributed by atoms with Gasteiger partial charge in [0.05, 0.1) is 31.6 Å². The Kier molecular flexibility index (Phi) is 7.92. The minimum atomic E-state index is -0.168. The second-order valence-corrected chi connectivity index (χ2v) is 5.38. The maximum absolute atomic E-state index is 12.0. The number of para-hydroxylation sites is 1. The average Bonchev–Trinajstić information content (AvgIpc) is 2.66. The van der Waals surface area contributed by atoms with Gasteiger partial charge in [-0.05, 0) is 32.0 Å². The molecule has 1 heterocycles. The van der Waals surface area contributed by atoms with Crippen LogP contribution in [0.1, 0.15) is 19.4 Å². The van der Waals surface area contributed by atoms with Crippen LogP contribution in [-0.2, 0) is 11.3 Å². The van der Waals surface area contributed by atoms with Gasteiger partial charge < -0.3 is 20.7 Å². The smallest absolute Gasteiger partial charge is 0.243 e. The maximum Gasteiger partial charge on any atom is 0.243 e. The topological polar surface area (TPSA) is 87.6 Å². The number of aliphatic imine (C=N–C) groups is 1. The summed E-state index contributed by atoms with van der Waals surface area (Å²) in [6, 6.07) is 11.3. The van der Waals surface area contributed by atoms with Crippen molar-refractivity contribution in [3.05, 3.63) is 54.4 Å². The molecule has 3 N–H and O–H groups in total. The van der Waals surface area contributed by atoms with Crippen LogP contribution in [0.3, 0.4) is 0 Å². The van der Waals surface area contributed by atoms with E-state index in [-0.39, 0.29) is 12.5 Å². The molecule has 26 heavy (non-hydrogen) atoms. The molecule has 0 unspecified atom stereocenters. The minimum absolute atomic E-state index is 0.105. The van der Waals surface area contributed by atoms with Crippen molar-refractivity contribution in [2.24, 2.45) is 4.99 Å². The third kappa shape index (κ3) is 6.43. The second-order valence-electron chi connectivity index (χ2n) is 5.38. The Balaban J connectivity index is 1.93. The van der Waals surface area contributed by atoms with Crippen LogP contribution in [0.4, 0.5) is 5.69 Å². The number of benzene rings is 1. The molecule has 1 aromatic carbocycles. The van der Waals surface area contributed by atoms with Gasteiger partial charge in [0, 0.05) is 18.3 Å². The van der Waals surface area contributed by atoms with E-state index in [1.807, 2.05) is 38.1 Å². The number of carbonyl (C=O) groups is 1. The number of pyridine rings is 1. The van der Waals surface area contributed by atoms with Gasteiger partial charge in [-0.2, -0.15) is 0 Å². The van der Waals surface area contributed by atoms with Gasteiger partial charge in [0.2, 0.25) is 5.91 Å². The number of rotatable bonds is 8. The number of nitrogens with zero attached hydrogens (tertiary/aromatic N) is 2. The number of hydrogen-bond acceptors (Lipinski definition) is 4. The Labute approximate surface area is 153 Å². The van der Waals surface area contributed by atoms with Crippen molar-refractivity contribution in [1.29, 1.82) is 0 Å². The van der Waals surface area contributed by atoms with Crippen LogP contribution in [0, 0.1) is 0 Å². The summed E-state index contributed by atoms with van der Waals surface area (Å²) in [5.41, 5.74) is 1.65. The lowest BCUT2D eigenvalue weighted by molar-refractivity contribution is -0.115. The van der Waals surface area contributed by atoms with Gasteiger partial charge in [0.15, 0.2) is 5.96 Å².